The minimum absolute atomic E-state index is 0.249. The maximum atomic E-state index is 14.1. The van der Waals surface area contributed by atoms with Gasteiger partial charge in [-0.05, 0) is 30.5 Å². The normalized spacial score (nSPS) is 15.9. The molecule has 51 heavy (non-hydrogen) atoms. The van der Waals surface area contributed by atoms with E-state index in [1.165, 1.54) is 6.07 Å². The van der Waals surface area contributed by atoms with Crippen molar-refractivity contribution in [3.8, 4) is 0 Å². The Morgan fingerprint density at radius 3 is 0.843 bits per heavy atom. The van der Waals surface area contributed by atoms with Crippen LogP contribution in [-0.4, -0.2) is 83.9 Å². The summed E-state index contributed by atoms with van der Waals surface area (Å²) in [6, 6.07) is 5.13. The third kappa shape index (κ3) is 7.75. The van der Waals surface area contributed by atoms with Gasteiger partial charge in [-0.3, -0.25) is 0 Å². The van der Waals surface area contributed by atoms with Crippen molar-refractivity contribution < 1.29 is 114 Å². The number of alkyl halides is 26. The van der Waals surface area contributed by atoms with Crippen LogP contribution in [0.3, 0.4) is 0 Å². The third-order valence-corrected chi connectivity index (χ3v) is 9.70. The molecule has 0 aromatic heterocycles. The molecule has 0 heterocycles. The van der Waals surface area contributed by atoms with Crippen LogP contribution in [0.1, 0.15) is 25.7 Å². The van der Waals surface area contributed by atoms with Gasteiger partial charge in [0.05, 0.1) is 0 Å². The summed E-state index contributed by atoms with van der Waals surface area (Å²) >= 11 is 0. The van der Waals surface area contributed by atoms with E-state index < -0.39 is 118 Å². The van der Waals surface area contributed by atoms with E-state index in [-0.39, 0.29) is 5.30 Å². The second kappa shape index (κ2) is 13.9. The highest BCUT2D eigenvalue weighted by molar-refractivity contribution is 7.65. The van der Waals surface area contributed by atoms with Crippen molar-refractivity contribution in [1.29, 1.82) is 0 Å². The monoisotopic (exact) mass is 830 g/mol. The Morgan fingerprint density at radius 2 is 0.588 bits per heavy atom. The zero-order valence-corrected chi connectivity index (χ0v) is 24.8. The average Bonchev–Trinajstić information content (AvgIpc) is 2.94. The molecule has 27 heteroatoms. The van der Waals surface area contributed by atoms with Crippen LogP contribution in [0.2, 0.25) is 0 Å². The smallest absolute Gasteiger partial charge is 0.200 e. The lowest BCUT2D eigenvalue weighted by Crippen LogP contribution is -2.70. The van der Waals surface area contributed by atoms with Crippen molar-refractivity contribution in [2.45, 2.75) is 97.3 Å². The molecule has 1 rings (SSSR count). The number of rotatable bonds is 17. The Kier molecular flexibility index (Phi) is 12.8. The summed E-state index contributed by atoms with van der Waals surface area (Å²) in [6.07, 6.45) is -26.5. The van der Waals surface area contributed by atoms with Crippen LogP contribution in [0.4, 0.5) is 114 Å². The SMILES string of the molecule is FC(F)(F)C(F)(F)C(F)(F)C(F)(F)C(F)(F)C(F)(F)CCCP(CCCC(F)(F)C(F)(F)C(F)(F)C(F)(F)C(F)(F)C(F)(F)F)c1ccccc1. The van der Waals surface area contributed by atoms with Crippen LogP contribution in [-0.2, 0) is 0 Å². The maximum absolute atomic E-state index is 14.1. The fourth-order valence-corrected chi connectivity index (χ4v) is 6.32. The van der Waals surface area contributed by atoms with E-state index in [4.69, 9.17) is 0 Å². The first kappa shape index (κ1) is 46.9. The molecule has 0 unspecified atom stereocenters. The Morgan fingerprint density at radius 1 is 0.333 bits per heavy atom. The topological polar surface area (TPSA) is 0 Å². The molecule has 0 aliphatic carbocycles. The molecule has 0 N–H and O–H groups in total. The second-order valence-electron chi connectivity index (χ2n) is 10.5. The molecule has 0 saturated carbocycles. The van der Waals surface area contributed by atoms with Gasteiger partial charge < -0.3 is 0 Å². The van der Waals surface area contributed by atoms with Crippen LogP contribution in [0.5, 0.6) is 0 Å². The molecule has 1 aromatic rings. The Labute approximate surface area is 268 Å². The number of hydrogen-bond acceptors (Lipinski definition) is 0. The van der Waals surface area contributed by atoms with E-state index in [0.29, 0.717) is 0 Å². The van der Waals surface area contributed by atoms with E-state index in [1.807, 2.05) is 0 Å². The zero-order chi connectivity index (χ0) is 40.9. The Bertz CT molecular complexity index is 1210. The molecule has 0 bridgehead atoms. The molecule has 0 spiro atoms. The molecule has 300 valence electrons. The van der Waals surface area contributed by atoms with Crippen LogP contribution < -0.4 is 5.30 Å². The van der Waals surface area contributed by atoms with Crippen molar-refractivity contribution in [1.82, 2.24) is 0 Å². The fourth-order valence-electron chi connectivity index (χ4n) is 3.91. The highest BCUT2D eigenvalue weighted by Crippen LogP contribution is 2.62. The first-order valence-electron chi connectivity index (χ1n) is 12.9. The Balaban J connectivity index is 3.28. The second-order valence-corrected chi connectivity index (χ2v) is 13.0. The predicted molar refractivity (Wildman–Crippen MR) is 123 cm³/mol. The lowest BCUT2D eigenvalue weighted by molar-refractivity contribution is -0.440. The summed E-state index contributed by atoms with van der Waals surface area (Å²) in [6.45, 7) is 0. The van der Waals surface area contributed by atoms with E-state index in [1.54, 1.807) is 0 Å². The predicted octanol–water partition coefficient (Wildman–Crippen LogP) is 11.8. The largest absolute Gasteiger partial charge is 0.460 e. The summed E-state index contributed by atoms with van der Waals surface area (Å²) in [5.74, 6) is -77.2. The van der Waals surface area contributed by atoms with Crippen LogP contribution in [0, 0.1) is 0 Å². The van der Waals surface area contributed by atoms with Gasteiger partial charge in [0.25, 0.3) is 0 Å². The van der Waals surface area contributed by atoms with Gasteiger partial charge in [-0.15, -0.1) is 0 Å². The summed E-state index contributed by atoms with van der Waals surface area (Å²) in [4.78, 5) is 0. The fraction of sp³-hybridized carbons (Fsp3) is 0.750. The molecule has 0 aliphatic rings. The molecule has 0 fully saturated rings. The van der Waals surface area contributed by atoms with Gasteiger partial charge in [-0.1, -0.05) is 38.3 Å². The molecular weight excluding hydrogens is 813 g/mol. The van der Waals surface area contributed by atoms with Gasteiger partial charge in [-0.25, -0.2) is 0 Å². The summed E-state index contributed by atoms with van der Waals surface area (Å²) < 4.78 is 346. The summed E-state index contributed by atoms with van der Waals surface area (Å²) in [5.41, 5.74) is 0. The van der Waals surface area contributed by atoms with Crippen molar-refractivity contribution in [3.05, 3.63) is 30.3 Å². The molecular formula is C24H17F26P. The lowest BCUT2D eigenvalue weighted by atomic mass is 9.92. The van der Waals surface area contributed by atoms with Gasteiger partial charge in [0.2, 0.25) is 0 Å². The third-order valence-electron chi connectivity index (χ3n) is 6.96. The molecule has 0 saturated heterocycles. The van der Waals surface area contributed by atoms with Gasteiger partial charge >= 0.3 is 71.6 Å². The van der Waals surface area contributed by atoms with Gasteiger partial charge in [0, 0.05) is 12.8 Å². The molecule has 0 aliphatic heterocycles. The minimum atomic E-state index is -8.21. The highest BCUT2D eigenvalue weighted by atomic mass is 31.1. The van der Waals surface area contributed by atoms with Gasteiger partial charge in [0.15, 0.2) is 0 Å². The first-order valence-corrected chi connectivity index (χ1v) is 14.6. The molecule has 0 nitrogen and oxygen atoms in total. The quantitative estimate of drug-likeness (QED) is 0.108. The summed E-state index contributed by atoms with van der Waals surface area (Å²) in [7, 11) is -2.57. The van der Waals surface area contributed by atoms with Gasteiger partial charge in [-0.2, -0.15) is 114 Å². The zero-order valence-electron chi connectivity index (χ0n) is 23.9. The van der Waals surface area contributed by atoms with Crippen LogP contribution in [0.25, 0.3) is 0 Å². The molecule has 0 atom stereocenters. The van der Waals surface area contributed by atoms with Crippen LogP contribution in [0.15, 0.2) is 30.3 Å². The highest BCUT2D eigenvalue weighted by Gasteiger charge is 2.92. The molecule has 0 radical (unpaired) electrons. The molecule has 1 aromatic carbocycles. The summed E-state index contributed by atoms with van der Waals surface area (Å²) in [5, 5.41) is -0.249. The number of halogens is 26. The average molecular weight is 830 g/mol. The van der Waals surface area contributed by atoms with Crippen molar-refractivity contribution in [2.24, 2.45) is 0 Å². The van der Waals surface area contributed by atoms with Crippen molar-refractivity contribution in [2.75, 3.05) is 12.3 Å². The first-order chi connectivity index (χ1) is 22.2. The lowest BCUT2D eigenvalue weighted by Gasteiger charge is -2.40. The van der Waals surface area contributed by atoms with E-state index in [9.17, 15) is 114 Å². The van der Waals surface area contributed by atoms with Crippen LogP contribution >= 0.6 is 7.92 Å². The van der Waals surface area contributed by atoms with E-state index in [0.717, 1.165) is 24.3 Å². The standard InChI is InChI=1S/C24H17F26P/c25-13(26,15(29,30)17(33,34)19(37,38)21(41,42)23(45,46)47)8-4-10-51(12-6-2-1-3-7-12)11-5-9-14(27,28)16(31,32)18(35,36)20(39,40)22(43,44)24(48,49)50/h1-3,6-7H,4-5,8-11H2. The Hall–Kier alpha value is -2.17. The van der Waals surface area contributed by atoms with E-state index in [2.05, 4.69) is 0 Å². The van der Waals surface area contributed by atoms with Gasteiger partial charge in [0.1, 0.15) is 0 Å². The van der Waals surface area contributed by atoms with Crippen molar-refractivity contribution >= 4 is 13.2 Å². The number of benzene rings is 1. The number of hydrogen-bond donors (Lipinski definition) is 0. The minimum Gasteiger partial charge on any atom is -0.200 e. The molecule has 0 amide bonds. The van der Waals surface area contributed by atoms with Crippen molar-refractivity contribution in [3.63, 3.8) is 0 Å². The van der Waals surface area contributed by atoms with E-state index >= 15 is 0 Å². The maximum Gasteiger partial charge on any atom is 0.460 e.